The SMILES string of the molecule is [2H]C([2H])([2H])C([2H])([2H])N(C([2H])([2H])C([2H])([2H])[2H])S(=O)(=O)N[C@H]1C[C@@H]2Cc3c(O)cccc3C[C@H]2N(CCC)C1. The molecule has 0 aromatic heterocycles. The third-order valence-electron chi connectivity index (χ3n) is 5.47. The second-order valence-electron chi connectivity index (χ2n) is 7.19. The Bertz CT molecular complexity index is 1070. The van der Waals surface area contributed by atoms with E-state index >= 15 is 0 Å². The lowest BCUT2D eigenvalue weighted by molar-refractivity contribution is 0.0679. The summed E-state index contributed by atoms with van der Waals surface area (Å²) in [6, 6.07) is 4.46. The molecule has 1 fully saturated rings. The van der Waals surface area contributed by atoms with Crippen LogP contribution in [0.25, 0.3) is 0 Å². The van der Waals surface area contributed by atoms with Crippen molar-refractivity contribution in [3.8, 4) is 5.75 Å². The van der Waals surface area contributed by atoms with Gasteiger partial charge in [0.1, 0.15) is 5.75 Å². The first kappa shape index (κ1) is 11.1. The predicted molar refractivity (Wildman–Crippen MR) is 108 cm³/mol. The van der Waals surface area contributed by atoms with Crippen LogP contribution in [0.5, 0.6) is 5.75 Å². The minimum absolute atomic E-state index is 0.0498. The Morgan fingerprint density at radius 2 is 2.15 bits per heavy atom. The number of phenols is 1. The minimum atomic E-state index is -5.31. The van der Waals surface area contributed by atoms with E-state index < -0.39 is 47.3 Å². The molecule has 7 heteroatoms. The highest BCUT2D eigenvalue weighted by atomic mass is 32.2. The summed E-state index contributed by atoms with van der Waals surface area (Å²) in [6.45, 7) is -12.3. The number of rotatable bonds is 7. The summed E-state index contributed by atoms with van der Waals surface area (Å²) in [5.41, 5.74) is 1.77. The summed E-state index contributed by atoms with van der Waals surface area (Å²) in [5.74, 6) is 0.0321. The van der Waals surface area contributed by atoms with Crippen molar-refractivity contribution in [2.75, 3.05) is 26.1 Å². The van der Waals surface area contributed by atoms with Crippen molar-refractivity contribution in [1.29, 1.82) is 0 Å². The quantitative estimate of drug-likeness (QED) is 0.729. The summed E-state index contributed by atoms with van der Waals surface area (Å²) in [7, 11) is -5.31. The Hall–Kier alpha value is -1.15. The predicted octanol–water partition coefficient (Wildman–Crippen LogP) is 2.14. The first-order valence-electron chi connectivity index (χ1n) is 14.1. The number of nitrogens with zero attached hydrogens (tertiary/aromatic N) is 2. The Morgan fingerprint density at radius 3 is 2.85 bits per heavy atom. The van der Waals surface area contributed by atoms with Gasteiger partial charge in [-0.2, -0.15) is 17.4 Å². The summed E-state index contributed by atoms with van der Waals surface area (Å²) in [5, 5.41) is 10.4. The molecule has 0 saturated carbocycles. The maximum atomic E-state index is 13.4. The van der Waals surface area contributed by atoms with Gasteiger partial charge in [0, 0.05) is 45.3 Å². The van der Waals surface area contributed by atoms with Crippen LogP contribution in [0, 0.1) is 5.92 Å². The lowest BCUT2D eigenvalue weighted by Gasteiger charge is -2.47. The van der Waals surface area contributed by atoms with Gasteiger partial charge in [0.25, 0.3) is 10.2 Å². The molecule has 2 aliphatic rings. The van der Waals surface area contributed by atoms with Crippen LogP contribution in [0.2, 0.25) is 0 Å². The number of fused-ring (bicyclic) bond motifs is 2. The van der Waals surface area contributed by atoms with E-state index in [1.165, 1.54) is 0 Å². The number of aromatic hydroxyl groups is 1. The van der Waals surface area contributed by atoms with Crippen molar-refractivity contribution in [2.24, 2.45) is 5.92 Å². The van der Waals surface area contributed by atoms with E-state index in [4.69, 9.17) is 13.7 Å². The molecule has 1 aromatic carbocycles. The largest absolute Gasteiger partial charge is 0.508 e. The number of phenolic OH excluding ortho intramolecular Hbond substituents is 1. The van der Waals surface area contributed by atoms with Gasteiger partial charge >= 0.3 is 0 Å². The van der Waals surface area contributed by atoms with Crippen LogP contribution in [-0.4, -0.2) is 60.9 Å². The monoisotopic (exact) mass is 405 g/mol. The normalized spacial score (nSPS) is 33.5. The third kappa shape index (κ3) is 4.31. The van der Waals surface area contributed by atoms with E-state index in [0.717, 1.165) is 17.5 Å². The molecule has 0 bridgehead atoms. The van der Waals surface area contributed by atoms with E-state index in [1.807, 2.05) is 13.0 Å². The van der Waals surface area contributed by atoms with Gasteiger partial charge in [-0.25, -0.2) is 0 Å². The Kier molecular flexibility index (Phi) is 3.50. The molecule has 1 saturated heterocycles. The van der Waals surface area contributed by atoms with Crippen molar-refractivity contribution < 1.29 is 27.2 Å². The van der Waals surface area contributed by atoms with Gasteiger partial charge in [-0.3, -0.25) is 4.90 Å². The van der Waals surface area contributed by atoms with E-state index in [1.54, 1.807) is 12.1 Å². The van der Waals surface area contributed by atoms with E-state index in [9.17, 15) is 13.5 Å². The molecular formula is C20H33N3O3S. The fourth-order valence-corrected chi connectivity index (χ4v) is 5.34. The Balaban J connectivity index is 1.98. The Labute approximate surface area is 177 Å². The molecule has 3 atom stereocenters. The first-order chi connectivity index (χ1) is 16.7. The van der Waals surface area contributed by atoms with Gasteiger partial charge in [-0.15, -0.1) is 0 Å². The molecule has 2 N–H and O–H groups in total. The lowest BCUT2D eigenvalue weighted by atomic mass is 9.74. The second-order valence-corrected chi connectivity index (χ2v) is 8.74. The van der Waals surface area contributed by atoms with Crippen LogP contribution < -0.4 is 4.72 Å². The van der Waals surface area contributed by atoms with Crippen LogP contribution in [0.1, 0.15) is 58.3 Å². The molecule has 1 aliphatic heterocycles. The second kappa shape index (κ2) is 8.47. The standard InChI is InChI=1S/C20H33N3O3S/c1-4-10-22-14-17(21-27(25,26)23(5-2)6-3)11-16-12-18-15(13-19(16)22)8-7-9-20(18)24/h7-9,16-17,19,21,24H,4-6,10-14H2,1-3H3/t16-,17+,19-/m1/s1/i2D3,3D3,5D2,6D2. The Morgan fingerprint density at radius 1 is 1.37 bits per heavy atom. The van der Waals surface area contributed by atoms with E-state index in [2.05, 4.69) is 9.62 Å². The van der Waals surface area contributed by atoms with Crippen LogP contribution in [-0.2, 0) is 23.1 Å². The summed E-state index contributed by atoms with van der Waals surface area (Å²) < 4.78 is 105. The van der Waals surface area contributed by atoms with E-state index in [0.29, 0.717) is 19.4 Å². The zero-order chi connectivity index (χ0) is 28.2. The van der Waals surface area contributed by atoms with Crippen molar-refractivity contribution in [3.63, 3.8) is 0 Å². The topological polar surface area (TPSA) is 72.9 Å². The average Bonchev–Trinajstić information content (AvgIpc) is 2.70. The minimum Gasteiger partial charge on any atom is -0.508 e. The van der Waals surface area contributed by atoms with Crippen LogP contribution in [0.3, 0.4) is 0 Å². The van der Waals surface area contributed by atoms with Crippen molar-refractivity contribution >= 4 is 10.2 Å². The molecule has 1 aromatic rings. The molecule has 152 valence electrons. The van der Waals surface area contributed by atoms with Crippen molar-refractivity contribution in [2.45, 2.75) is 58.4 Å². The van der Waals surface area contributed by atoms with Crippen LogP contribution in [0.4, 0.5) is 0 Å². The number of hydrogen-bond donors (Lipinski definition) is 2. The molecule has 0 amide bonds. The third-order valence-corrected chi connectivity index (χ3v) is 6.76. The zero-order valence-electron chi connectivity index (χ0n) is 25.3. The summed E-state index contributed by atoms with van der Waals surface area (Å²) >= 11 is 0. The first-order valence-corrected chi connectivity index (χ1v) is 10.5. The highest BCUT2D eigenvalue weighted by molar-refractivity contribution is 7.87. The average molecular weight is 406 g/mol. The lowest BCUT2D eigenvalue weighted by Crippen LogP contribution is -2.59. The molecule has 1 heterocycles. The molecule has 6 nitrogen and oxygen atoms in total. The van der Waals surface area contributed by atoms with Crippen LogP contribution >= 0.6 is 0 Å². The van der Waals surface area contributed by atoms with Gasteiger partial charge in [0.15, 0.2) is 0 Å². The number of benzene rings is 1. The highest BCUT2D eigenvalue weighted by Crippen LogP contribution is 2.38. The fraction of sp³-hybridized carbons (Fsp3) is 0.700. The van der Waals surface area contributed by atoms with Crippen molar-refractivity contribution in [3.05, 3.63) is 29.3 Å². The maximum Gasteiger partial charge on any atom is 0.279 e. The smallest absolute Gasteiger partial charge is 0.279 e. The number of nitrogens with one attached hydrogen (secondary N) is 1. The number of likely N-dealkylation sites (tertiary alicyclic amines) is 1. The molecule has 0 spiro atoms. The molecule has 3 rings (SSSR count). The van der Waals surface area contributed by atoms with Gasteiger partial charge in [-0.05, 0) is 55.3 Å². The van der Waals surface area contributed by atoms with Gasteiger partial charge in [-0.1, -0.05) is 32.8 Å². The van der Waals surface area contributed by atoms with Gasteiger partial charge in [0.05, 0.1) is 0 Å². The van der Waals surface area contributed by atoms with Gasteiger partial charge < -0.3 is 5.11 Å². The summed E-state index contributed by atoms with van der Waals surface area (Å²) in [6.07, 6.45) is 2.11. The van der Waals surface area contributed by atoms with Gasteiger partial charge in [0.2, 0.25) is 0 Å². The highest BCUT2D eigenvalue weighted by Gasteiger charge is 2.40. The van der Waals surface area contributed by atoms with E-state index in [-0.39, 0.29) is 30.7 Å². The molecule has 27 heavy (non-hydrogen) atoms. The summed E-state index contributed by atoms with van der Waals surface area (Å²) in [4.78, 5) is 2.08. The van der Waals surface area contributed by atoms with Crippen LogP contribution in [0.15, 0.2) is 18.2 Å². The molecule has 0 unspecified atom stereocenters. The maximum absolute atomic E-state index is 13.4. The molecule has 1 aliphatic carbocycles. The zero-order valence-corrected chi connectivity index (χ0v) is 16.1. The number of hydrogen-bond acceptors (Lipinski definition) is 4. The fourth-order valence-electron chi connectivity index (χ4n) is 4.41. The molecule has 0 radical (unpaired) electrons. The molecular weight excluding hydrogens is 362 g/mol. The number of piperidine rings is 1. The van der Waals surface area contributed by atoms with Crippen molar-refractivity contribution in [1.82, 2.24) is 13.9 Å².